The highest BCUT2D eigenvalue weighted by molar-refractivity contribution is 6.24. The molecule has 1 aromatic heterocycles. The van der Waals surface area contributed by atoms with Gasteiger partial charge in [-0.25, -0.2) is 4.98 Å². The molecule has 1 aromatic rings. The fourth-order valence-corrected chi connectivity index (χ4v) is 5.43. The Morgan fingerprint density at radius 3 is 2.36 bits per heavy atom. The van der Waals surface area contributed by atoms with Crippen LogP contribution in [-0.4, -0.2) is 87.6 Å². The lowest BCUT2D eigenvalue weighted by Gasteiger charge is -2.50. The van der Waals surface area contributed by atoms with Crippen LogP contribution in [0.4, 0.5) is 5.82 Å². The molecule has 4 atom stereocenters. The summed E-state index contributed by atoms with van der Waals surface area (Å²) in [4.78, 5) is 45.8. The molecule has 4 rings (SSSR count). The van der Waals surface area contributed by atoms with E-state index in [1.54, 1.807) is 28.2 Å². The van der Waals surface area contributed by atoms with Gasteiger partial charge in [0.1, 0.15) is 17.1 Å². The molecule has 0 bridgehead atoms. The number of hydrogen-bond donors (Lipinski definition) is 5. The second-order valence-corrected chi connectivity index (χ2v) is 9.19. The summed E-state index contributed by atoms with van der Waals surface area (Å²) in [6.07, 6.45) is 1.76. The Labute approximate surface area is 189 Å². The molecule has 0 aliphatic heterocycles. The van der Waals surface area contributed by atoms with Crippen LogP contribution in [-0.2, 0) is 20.8 Å². The van der Waals surface area contributed by atoms with Crippen LogP contribution in [0.1, 0.15) is 17.5 Å². The van der Waals surface area contributed by atoms with Crippen molar-refractivity contribution in [3.63, 3.8) is 0 Å². The third-order valence-corrected chi connectivity index (χ3v) is 6.87. The molecule has 3 aliphatic rings. The summed E-state index contributed by atoms with van der Waals surface area (Å²) in [6, 6.07) is -1.11. The van der Waals surface area contributed by atoms with Crippen LogP contribution in [0.25, 0.3) is 5.76 Å². The molecule has 11 nitrogen and oxygen atoms in total. The zero-order valence-electron chi connectivity index (χ0n) is 18.7. The second-order valence-electron chi connectivity index (χ2n) is 9.19. The number of nitrogens with two attached hydrogens (primary N) is 1. The number of rotatable bonds is 3. The summed E-state index contributed by atoms with van der Waals surface area (Å²) in [5.74, 6) is -6.59. The van der Waals surface area contributed by atoms with Gasteiger partial charge in [-0.05, 0) is 38.4 Å². The number of likely N-dealkylation sites (N-methyl/N-ethyl adjacent to an activating group) is 1. The smallest absolute Gasteiger partial charge is 0.255 e. The minimum atomic E-state index is -2.64. The van der Waals surface area contributed by atoms with E-state index in [1.165, 1.54) is 16.0 Å². The zero-order chi connectivity index (χ0) is 24.6. The molecule has 11 heteroatoms. The third-order valence-electron chi connectivity index (χ3n) is 6.87. The molecule has 0 unspecified atom stereocenters. The maximum Gasteiger partial charge on any atom is 0.255 e. The zero-order valence-corrected chi connectivity index (χ0v) is 18.7. The van der Waals surface area contributed by atoms with Gasteiger partial charge in [0.25, 0.3) is 5.91 Å². The summed E-state index contributed by atoms with van der Waals surface area (Å²) < 4.78 is 0. The number of hydrogen-bond acceptors (Lipinski definition) is 10. The van der Waals surface area contributed by atoms with Crippen molar-refractivity contribution in [3.8, 4) is 5.75 Å². The van der Waals surface area contributed by atoms with Gasteiger partial charge in [-0.1, -0.05) is 0 Å². The van der Waals surface area contributed by atoms with Gasteiger partial charge in [0.15, 0.2) is 23.0 Å². The summed E-state index contributed by atoms with van der Waals surface area (Å²) in [7, 11) is 6.41. The maximum absolute atomic E-state index is 13.7. The first kappa shape index (κ1) is 22.7. The van der Waals surface area contributed by atoms with Gasteiger partial charge < -0.3 is 31.1 Å². The number of nitrogens with zero attached hydrogens (tertiary/aromatic N) is 3. The van der Waals surface area contributed by atoms with Crippen LogP contribution >= 0.6 is 0 Å². The highest BCUT2D eigenvalue weighted by Crippen LogP contribution is 2.53. The maximum atomic E-state index is 13.7. The lowest BCUT2D eigenvalue weighted by molar-refractivity contribution is -0.153. The number of pyridine rings is 1. The number of carbonyl (C=O) groups is 3. The molecule has 33 heavy (non-hydrogen) atoms. The first-order valence-corrected chi connectivity index (χ1v) is 10.4. The quantitative estimate of drug-likeness (QED) is 0.368. The predicted octanol–water partition coefficient (Wildman–Crippen LogP) is -0.575. The Morgan fingerprint density at radius 1 is 1.18 bits per heavy atom. The molecule has 0 spiro atoms. The molecule has 6 N–H and O–H groups in total. The van der Waals surface area contributed by atoms with Crippen LogP contribution in [0.5, 0.6) is 5.75 Å². The third kappa shape index (κ3) is 2.89. The summed E-state index contributed by atoms with van der Waals surface area (Å²) in [5.41, 5.74) is 2.16. The summed E-state index contributed by atoms with van der Waals surface area (Å²) in [5, 5.41) is 44.1. The minimum Gasteiger partial charge on any atom is -0.508 e. The highest BCUT2D eigenvalue weighted by Gasteiger charge is 2.64. The molecular formula is C22H26N4O7. The van der Waals surface area contributed by atoms with Crippen molar-refractivity contribution in [2.45, 2.75) is 24.5 Å². The van der Waals surface area contributed by atoms with E-state index in [1.807, 2.05) is 0 Å². The van der Waals surface area contributed by atoms with Gasteiger partial charge >= 0.3 is 0 Å². The number of amides is 1. The van der Waals surface area contributed by atoms with E-state index in [0.29, 0.717) is 5.56 Å². The average Bonchev–Trinajstić information content (AvgIpc) is 2.70. The lowest BCUT2D eigenvalue weighted by atomic mass is 9.57. The number of aliphatic hydroxyl groups is 3. The Balaban J connectivity index is 1.97. The molecule has 1 heterocycles. The second kappa shape index (κ2) is 7.29. The van der Waals surface area contributed by atoms with Crippen molar-refractivity contribution >= 4 is 29.1 Å². The molecule has 0 radical (unpaired) electrons. The van der Waals surface area contributed by atoms with Crippen LogP contribution in [0, 0.1) is 11.8 Å². The van der Waals surface area contributed by atoms with Crippen LogP contribution in [0.3, 0.4) is 0 Å². The van der Waals surface area contributed by atoms with Crippen LogP contribution in [0.2, 0.25) is 0 Å². The standard InChI is InChI=1S/C22H26N4O7/c1-25(2)14-10-6-8-5-9-7-24-21(26(3)4)17(29)11(9)15(27)12(8)18(30)22(10,33)19(31)13(16(14)28)20(23)32/h7-8,10,14,27,29,31,33H,5-6H2,1-4H3,(H2,23,32)/t8-,10-,14-,22-/m0/s1. The van der Waals surface area contributed by atoms with Crippen LogP contribution in [0.15, 0.2) is 23.1 Å². The first-order valence-electron chi connectivity index (χ1n) is 10.4. The number of anilines is 1. The monoisotopic (exact) mass is 458 g/mol. The van der Waals surface area contributed by atoms with Crippen molar-refractivity contribution < 1.29 is 34.8 Å². The largest absolute Gasteiger partial charge is 0.508 e. The number of fused-ring (bicyclic) bond motifs is 3. The van der Waals surface area contributed by atoms with Crippen molar-refractivity contribution in [2.75, 3.05) is 33.1 Å². The van der Waals surface area contributed by atoms with E-state index in [-0.39, 0.29) is 35.5 Å². The van der Waals surface area contributed by atoms with E-state index >= 15 is 0 Å². The van der Waals surface area contributed by atoms with Gasteiger partial charge in [-0.2, -0.15) is 0 Å². The summed E-state index contributed by atoms with van der Waals surface area (Å²) >= 11 is 0. The Hall–Kier alpha value is -3.44. The fraction of sp³-hybridized carbons (Fsp3) is 0.455. The molecule has 1 amide bonds. The van der Waals surface area contributed by atoms with Gasteiger partial charge in [0.05, 0.1) is 11.6 Å². The number of carbonyl (C=O) groups excluding carboxylic acids is 3. The van der Waals surface area contributed by atoms with E-state index < -0.39 is 58.0 Å². The van der Waals surface area contributed by atoms with Gasteiger partial charge in [-0.15, -0.1) is 0 Å². The SMILES string of the molecule is CN(C)c1ncc2c(c1O)C(O)=C1C(=O)[C@]3(O)C(O)=C(C(N)=O)C(=O)[C@@H](N(C)C)[C@@H]3C[C@@H]1C2. The minimum absolute atomic E-state index is 0.0185. The van der Waals surface area contributed by atoms with E-state index in [2.05, 4.69) is 4.98 Å². The van der Waals surface area contributed by atoms with E-state index in [4.69, 9.17) is 5.73 Å². The molecule has 176 valence electrons. The van der Waals surface area contributed by atoms with Gasteiger partial charge in [-0.3, -0.25) is 19.3 Å². The Morgan fingerprint density at radius 2 is 1.82 bits per heavy atom. The van der Waals surface area contributed by atoms with E-state index in [9.17, 15) is 34.8 Å². The predicted molar refractivity (Wildman–Crippen MR) is 116 cm³/mol. The van der Waals surface area contributed by atoms with Crippen molar-refractivity contribution in [3.05, 3.63) is 34.2 Å². The Bertz CT molecular complexity index is 1170. The topological polar surface area (TPSA) is 178 Å². The molecule has 0 saturated heterocycles. The fourth-order valence-electron chi connectivity index (χ4n) is 5.43. The number of aliphatic hydroxyl groups excluding tert-OH is 2. The van der Waals surface area contributed by atoms with Crippen molar-refractivity contribution in [1.29, 1.82) is 0 Å². The normalized spacial score (nSPS) is 29.1. The number of ketones is 2. The Kier molecular flexibility index (Phi) is 5.02. The van der Waals surface area contributed by atoms with Gasteiger partial charge in [0.2, 0.25) is 5.78 Å². The van der Waals surface area contributed by atoms with Gasteiger partial charge in [0, 0.05) is 31.8 Å². The number of aromatic nitrogens is 1. The molecular weight excluding hydrogens is 432 g/mol. The molecule has 0 aromatic carbocycles. The number of primary amides is 1. The lowest BCUT2D eigenvalue weighted by Crippen LogP contribution is -2.65. The highest BCUT2D eigenvalue weighted by atomic mass is 16.3. The van der Waals surface area contributed by atoms with Crippen molar-refractivity contribution in [1.82, 2.24) is 9.88 Å². The van der Waals surface area contributed by atoms with Crippen molar-refractivity contribution in [2.24, 2.45) is 17.6 Å². The number of aromatic hydroxyl groups is 1. The number of Topliss-reactive ketones (excluding diaryl/α,β-unsaturated/α-hetero) is 2. The van der Waals surface area contributed by atoms with Crippen LogP contribution < -0.4 is 10.6 Å². The molecule has 1 saturated carbocycles. The average molecular weight is 458 g/mol. The first-order chi connectivity index (χ1) is 15.3. The molecule has 1 fully saturated rings. The molecule has 3 aliphatic carbocycles. The summed E-state index contributed by atoms with van der Waals surface area (Å²) in [6.45, 7) is 0. The van der Waals surface area contributed by atoms with E-state index in [0.717, 1.165) is 0 Å².